The molecule has 0 saturated heterocycles. The monoisotopic (exact) mass is 360 g/mol. The topological polar surface area (TPSA) is 17.1 Å². The van der Waals surface area contributed by atoms with E-state index in [0.29, 0.717) is 0 Å². The molecule has 0 saturated carbocycles. The van der Waals surface area contributed by atoms with Gasteiger partial charge in [-0.25, -0.2) is 4.21 Å². The first-order valence-corrected chi connectivity index (χ1v) is 7.86. The van der Waals surface area contributed by atoms with Crippen LogP contribution < -0.4 is 0 Å². The van der Waals surface area contributed by atoms with Gasteiger partial charge in [0.1, 0.15) is 0 Å². The van der Waals surface area contributed by atoms with Gasteiger partial charge < -0.3 is 0 Å². The lowest BCUT2D eigenvalue weighted by Crippen LogP contribution is -1.86. The molecule has 0 aliphatic heterocycles. The Hall–Kier alpha value is -0.420. The molecule has 1 nitrogen and oxygen atoms in total. The Labute approximate surface area is 120 Å². The zero-order valence-electron chi connectivity index (χ0n) is 9.99. The van der Waals surface area contributed by atoms with Crippen LogP contribution in [0.1, 0.15) is 24.8 Å². The Morgan fingerprint density at radius 3 is 2.65 bits per heavy atom. The third-order valence-corrected chi connectivity index (χ3v) is 4.01. The van der Waals surface area contributed by atoms with Crippen molar-refractivity contribution in [2.75, 3.05) is 0 Å². The van der Waals surface area contributed by atoms with Gasteiger partial charge in [-0.3, -0.25) is 0 Å². The number of benzene rings is 1. The van der Waals surface area contributed by atoms with Gasteiger partial charge in [0, 0.05) is 10.3 Å². The Kier molecular flexibility index (Phi) is 6.73. The van der Waals surface area contributed by atoms with Crippen LogP contribution in [0.25, 0.3) is 0 Å². The predicted molar refractivity (Wildman–Crippen MR) is 83.7 cm³/mol. The van der Waals surface area contributed by atoms with E-state index in [1.807, 2.05) is 37.3 Å². The molecular formula is C14H17IOS. The molecule has 0 aliphatic rings. The SMILES string of the molecule is C=C(I)CCC/C=C/S(=O)c1ccc(C)cc1. The van der Waals surface area contributed by atoms with Crippen LogP contribution in [0.2, 0.25) is 0 Å². The van der Waals surface area contributed by atoms with E-state index in [-0.39, 0.29) is 0 Å². The van der Waals surface area contributed by atoms with E-state index < -0.39 is 10.8 Å². The zero-order valence-corrected chi connectivity index (χ0v) is 13.0. The first-order valence-electron chi connectivity index (χ1n) is 5.57. The highest BCUT2D eigenvalue weighted by Crippen LogP contribution is 2.13. The fourth-order valence-corrected chi connectivity index (χ4v) is 2.57. The first kappa shape index (κ1) is 14.6. The number of unbranched alkanes of at least 4 members (excludes halogenated alkanes) is 1. The van der Waals surface area contributed by atoms with Gasteiger partial charge in [0.05, 0.1) is 10.8 Å². The van der Waals surface area contributed by atoms with Crippen molar-refractivity contribution in [1.29, 1.82) is 0 Å². The average molecular weight is 360 g/mol. The molecule has 0 aliphatic carbocycles. The van der Waals surface area contributed by atoms with Gasteiger partial charge in [0.2, 0.25) is 0 Å². The van der Waals surface area contributed by atoms with Crippen molar-refractivity contribution in [3.05, 3.63) is 51.5 Å². The maximum absolute atomic E-state index is 11.9. The average Bonchev–Trinajstić information content (AvgIpc) is 2.29. The Balaban J connectivity index is 2.41. The molecule has 0 spiro atoms. The predicted octanol–water partition coefficient (Wildman–Crippen LogP) is 4.74. The summed E-state index contributed by atoms with van der Waals surface area (Å²) >= 11 is 2.24. The molecule has 1 aromatic rings. The van der Waals surface area contributed by atoms with Gasteiger partial charge in [-0.05, 0) is 64.5 Å². The molecule has 0 radical (unpaired) electrons. The summed E-state index contributed by atoms with van der Waals surface area (Å²) in [5, 5.41) is 1.78. The summed E-state index contributed by atoms with van der Waals surface area (Å²) in [7, 11) is -1.01. The molecule has 3 heteroatoms. The van der Waals surface area contributed by atoms with E-state index >= 15 is 0 Å². The Morgan fingerprint density at radius 1 is 1.41 bits per heavy atom. The molecule has 0 amide bonds. The van der Waals surface area contributed by atoms with Crippen molar-refractivity contribution in [3.8, 4) is 0 Å². The van der Waals surface area contributed by atoms with Gasteiger partial charge in [-0.15, -0.1) is 0 Å². The highest BCUT2D eigenvalue weighted by molar-refractivity contribution is 14.1. The number of hydrogen-bond acceptors (Lipinski definition) is 1. The highest BCUT2D eigenvalue weighted by Gasteiger charge is 1.98. The van der Waals surface area contributed by atoms with Gasteiger partial charge in [-0.2, -0.15) is 0 Å². The van der Waals surface area contributed by atoms with Crippen LogP contribution in [0.3, 0.4) is 0 Å². The summed E-state index contributed by atoms with van der Waals surface area (Å²) in [6, 6.07) is 7.81. The molecule has 0 bridgehead atoms. The van der Waals surface area contributed by atoms with Crippen molar-refractivity contribution < 1.29 is 4.21 Å². The second-order valence-electron chi connectivity index (χ2n) is 3.89. The number of halogens is 1. The van der Waals surface area contributed by atoms with E-state index in [1.54, 1.807) is 5.41 Å². The summed E-state index contributed by atoms with van der Waals surface area (Å²) in [5.41, 5.74) is 1.19. The van der Waals surface area contributed by atoms with Crippen LogP contribution in [-0.4, -0.2) is 4.21 Å². The fraction of sp³-hybridized carbons (Fsp3) is 0.286. The van der Waals surface area contributed by atoms with Crippen LogP contribution in [0, 0.1) is 6.92 Å². The minimum Gasteiger partial charge on any atom is -0.250 e. The molecule has 1 unspecified atom stereocenters. The third-order valence-electron chi connectivity index (χ3n) is 2.29. The minimum absolute atomic E-state index is 0.866. The lowest BCUT2D eigenvalue weighted by molar-refractivity contribution is 0.688. The molecule has 0 fully saturated rings. The molecule has 17 heavy (non-hydrogen) atoms. The van der Waals surface area contributed by atoms with Crippen molar-refractivity contribution in [2.45, 2.75) is 31.1 Å². The second kappa shape index (κ2) is 7.82. The van der Waals surface area contributed by atoms with Crippen LogP contribution >= 0.6 is 22.6 Å². The van der Waals surface area contributed by atoms with Crippen LogP contribution in [0.15, 0.2) is 50.8 Å². The van der Waals surface area contributed by atoms with Crippen molar-refractivity contribution in [1.82, 2.24) is 0 Å². The largest absolute Gasteiger partial charge is 0.250 e. The third kappa shape index (κ3) is 6.17. The molecule has 0 N–H and O–H groups in total. The maximum atomic E-state index is 11.9. The number of hydrogen-bond donors (Lipinski definition) is 0. The molecule has 1 atom stereocenters. The number of allylic oxidation sites excluding steroid dienone is 2. The van der Waals surface area contributed by atoms with E-state index in [2.05, 4.69) is 29.2 Å². The van der Waals surface area contributed by atoms with Crippen LogP contribution in [-0.2, 0) is 10.8 Å². The number of aryl methyl sites for hydroxylation is 1. The van der Waals surface area contributed by atoms with E-state index in [9.17, 15) is 4.21 Å². The van der Waals surface area contributed by atoms with E-state index in [1.165, 1.54) is 9.14 Å². The summed E-state index contributed by atoms with van der Waals surface area (Å²) in [5.74, 6) is 0. The molecule has 1 rings (SSSR count). The Bertz CT molecular complexity index is 420. The van der Waals surface area contributed by atoms with Gasteiger partial charge >= 0.3 is 0 Å². The van der Waals surface area contributed by atoms with Gasteiger partial charge in [-0.1, -0.05) is 30.4 Å². The van der Waals surface area contributed by atoms with Crippen LogP contribution in [0.4, 0.5) is 0 Å². The van der Waals surface area contributed by atoms with Gasteiger partial charge in [0.25, 0.3) is 0 Å². The smallest absolute Gasteiger partial charge is 0.0772 e. The highest BCUT2D eigenvalue weighted by atomic mass is 127. The lowest BCUT2D eigenvalue weighted by atomic mass is 10.2. The first-order chi connectivity index (χ1) is 8.09. The number of rotatable bonds is 6. The molecule has 0 aromatic heterocycles. The molecular weight excluding hydrogens is 343 g/mol. The quantitative estimate of drug-likeness (QED) is 0.529. The lowest BCUT2D eigenvalue weighted by Gasteiger charge is -1.98. The Morgan fingerprint density at radius 2 is 2.06 bits per heavy atom. The molecule has 92 valence electrons. The van der Waals surface area contributed by atoms with Crippen molar-refractivity contribution in [3.63, 3.8) is 0 Å². The second-order valence-corrected chi connectivity index (χ2v) is 6.76. The van der Waals surface area contributed by atoms with Crippen LogP contribution in [0.5, 0.6) is 0 Å². The molecule has 1 aromatic carbocycles. The van der Waals surface area contributed by atoms with Crippen molar-refractivity contribution in [2.24, 2.45) is 0 Å². The summed E-state index contributed by atoms with van der Waals surface area (Å²) in [4.78, 5) is 0.866. The summed E-state index contributed by atoms with van der Waals surface area (Å²) < 4.78 is 13.0. The van der Waals surface area contributed by atoms with E-state index in [4.69, 9.17) is 0 Å². The minimum atomic E-state index is -1.01. The fourth-order valence-electron chi connectivity index (χ4n) is 1.32. The zero-order chi connectivity index (χ0) is 12.7. The maximum Gasteiger partial charge on any atom is 0.0772 e. The standard InChI is InChI=1S/C14H17IOS/c1-12-7-9-14(10-8-12)17(16)11-5-3-4-6-13(2)15/h5,7-11H,2-4,6H2,1H3/b11-5+. The summed E-state index contributed by atoms with van der Waals surface area (Å²) in [6.07, 6.45) is 5.06. The summed E-state index contributed by atoms with van der Waals surface area (Å²) in [6.45, 7) is 5.87. The van der Waals surface area contributed by atoms with Gasteiger partial charge in [0.15, 0.2) is 0 Å². The van der Waals surface area contributed by atoms with Crippen molar-refractivity contribution >= 4 is 33.4 Å². The van der Waals surface area contributed by atoms with E-state index in [0.717, 1.165) is 24.2 Å². The normalized spacial score (nSPS) is 12.8. The molecule has 0 heterocycles.